The van der Waals surface area contributed by atoms with Crippen molar-refractivity contribution in [3.8, 4) is 0 Å². The summed E-state index contributed by atoms with van der Waals surface area (Å²) in [7, 11) is 0. The fraction of sp³-hybridized carbons (Fsp3) is 1.00. The van der Waals surface area contributed by atoms with E-state index in [2.05, 4.69) is 44.1 Å². The Labute approximate surface area is 103 Å². The van der Waals surface area contributed by atoms with Crippen LogP contribution in [0.3, 0.4) is 0 Å². The summed E-state index contributed by atoms with van der Waals surface area (Å²) in [6.07, 6.45) is 2.39. The van der Waals surface area contributed by atoms with Gasteiger partial charge in [0.1, 0.15) is 0 Å². The van der Waals surface area contributed by atoms with Gasteiger partial charge in [-0.2, -0.15) is 0 Å². The molecule has 0 aromatic heterocycles. The summed E-state index contributed by atoms with van der Waals surface area (Å²) >= 11 is -0.479. The van der Waals surface area contributed by atoms with Gasteiger partial charge in [-0.1, -0.05) is 27.7 Å². The number of hydrogen-bond acceptors (Lipinski definition) is 1. The van der Waals surface area contributed by atoms with Gasteiger partial charge in [-0.15, -0.1) is 0 Å². The predicted octanol–water partition coefficient (Wildman–Crippen LogP) is 4.47. The predicted molar refractivity (Wildman–Crippen MR) is 73.1 cm³/mol. The van der Waals surface area contributed by atoms with Crippen LogP contribution in [-0.2, 0) is 4.74 Å². The second-order valence-corrected chi connectivity index (χ2v) is 13.0. The molecular formula is C13H31GaO. The molecule has 0 bridgehead atoms. The van der Waals surface area contributed by atoms with Crippen LogP contribution in [0.4, 0.5) is 0 Å². The minimum atomic E-state index is -0.479. The van der Waals surface area contributed by atoms with Crippen molar-refractivity contribution >= 4 is 16.2 Å². The minimum absolute atomic E-state index is 0.479. The monoisotopic (exact) mass is 272 g/mol. The van der Waals surface area contributed by atoms with Gasteiger partial charge in [0.15, 0.2) is 0 Å². The van der Waals surface area contributed by atoms with Gasteiger partial charge in [0.2, 0.25) is 0 Å². The van der Waals surface area contributed by atoms with Crippen LogP contribution in [0.15, 0.2) is 0 Å². The van der Waals surface area contributed by atoms with Crippen LogP contribution in [0.5, 0.6) is 0 Å². The third kappa shape index (κ3) is 31.3. The van der Waals surface area contributed by atoms with E-state index in [-0.39, 0.29) is 0 Å². The van der Waals surface area contributed by atoms with Gasteiger partial charge < -0.3 is 4.74 Å². The first-order valence-corrected chi connectivity index (χ1v) is 13.7. The van der Waals surface area contributed by atoms with Crippen molar-refractivity contribution in [1.82, 2.24) is 0 Å². The van der Waals surface area contributed by atoms with Crippen molar-refractivity contribution in [2.45, 2.75) is 57.0 Å². The first kappa shape index (κ1) is 18.0. The Morgan fingerprint density at radius 2 is 1.07 bits per heavy atom. The van der Waals surface area contributed by atoms with Gasteiger partial charge >= 0.3 is 32.7 Å². The molecule has 0 aromatic rings. The molecule has 0 saturated heterocycles. The van der Waals surface area contributed by atoms with Crippen LogP contribution >= 0.6 is 0 Å². The molecule has 0 radical (unpaired) electrons. The van der Waals surface area contributed by atoms with Crippen LogP contribution in [0.2, 0.25) is 16.4 Å². The van der Waals surface area contributed by atoms with E-state index in [1.807, 2.05) is 0 Å². The van der Waals surface area contributed by atoms with E-state index in [0.717, 1.165) is 25.0 Å². The molecule has 0 spiro atoms. The molecule has 0 rings (SSSR count). The zero-order chi connectivity index (χ0) is 12.3. The average molecular weight is 273 g/mol. The summed E-state index contributed by atoms with van der Waals surface area (Å²) in [6, 6.07) is 0. The molecule has 0 fully saturated rings. The standard InChI is InChI=1S/C10H22O.3CH3.Ga/c1-9(2)5-7-11-8-6-10(3)4;;;;/h9-10H,5-8H2,1-4H3;3*1H3;. The first-order valence-electron chi connectivity index (χ1n) is 6.44. The zero-order valence-corrected chi connectivity index (χ0v) is 14.4. The third-order valence-electron chi connectivity index (χ3n) is 1.68. The maximum atomic E-state index is 5.46. The molecular weight excluding hydrogens is 242 g/mol. The van der Waals surface area contributed by atoms with Crippen LogP contribution in [0.25, 0.3) is 0 Å². The molecule has 15 heavy (non-hydrogen) atoms. The summed E-state index contributed by atoms with van der Waals surface area (Å²) < 4.78 is 5.46. The van der Waals surface area contributed by atoms with Crippen molar-refractivity contribution in [2.75, 3.05) is 13.2 Å². The molecule has 2 heteroatoms. The molecule has 0 atom stereocenters. The van der Waals surface area contributed by atoms with Crippen molar-refractivity contribution in [1.29, 1.82) is 0 Å². The Morgan fingerprint density at radius 3 is 1.27 bits per heavy atom. The number of rotatable bonds is 6. The van der Waals surface area contributed by atoms with E-state index in [1.54, 1.807) is 0 Å². The summed E-state index contributed by atoms with van der Waals surface area (Å²) in [5, 5.41) is 0. The average Bonchev–Trinajstić information content (AvgIpc) is 2.01. The Balaban J connectivity index is 0. The molecule has 92 valence electrons. The maximum absolute atomic E-state index is 5.46. The van der Waals surface area contributed by atoms with Gasteiger partial charge in [0.05, 0.1) is 0 Å². The van der Waals surface area contributed by atoms with Crippen LogP contribution in [-0.4, -0.2) is 29.4 Å². The van der Waals surface area contributed by atoms with E-state index in [1.165, 1.54) is 12.8 Å². The van der Waals surface area contributed by atoms with Crippen molar-refractivity contribution in [2.24, 2.45) is 11.8 Å². The topological polar surface area (TPSA) is 9.23 Å². The summed E-state index contributed by atoms with van der Waals surface area (Å²) in [5.74, 6) is 1.54. The summed E-state index contributed by atoms with van der Waals surface area (Å²) in [6.45, 7) is 10.8. The second kappa shape index (κ2) is 12.7. The molecule has 0 heterocycles. The van der Waals surface area contributed by atoms with Gasteiger partial charge in [-0.3, -0.25) is 0 Å². The molecule has 0 N–H and O–H groups in total. The van der Waals surface area contributed by atoms with E-state index in [0.29, 0.717) is 0 Å². The fourth-order valence-corrected chi connectivity index (χ4v) is 0.740. The quantitative estimate of drug-likeness (QED) is 0.512. The van der Waals surface area contributed by atoms with Crippen molar-refractivity contribution < 1.29 is 4.74 Å². The van der Waals surface area contributed by atoms with Gasteiger partial charge in [0, 0.05) is 13.2 Å². The fourth-order valence-electron chi connectivity index (χ4n) is 0.740. The van der Waals surface area contributed by atoms with Gasteiger partial charge in [-0.25, -0.2) is 0 Å². The zero-order valence-electron chi connectivity index (χ0n) is 12.0. The van der Waals surface area contributed by atoms with E-state index in [4.69, 9.17) is 4.74 Å². The molecule has 0 amide bonds. The third-order valence-corrected chi connectivity index (χ3v) is 1.68. The van der Waals surface area contributed by atoms with Gasteiger partial charge in [0.25, 0.3) is 0 Å². The Hall–Kier alpha value is 0.596. The Bertz CT molecular complexity index is 98.3. The molecule has 0 aliphatic heterocycles. The van der Waals surface area contributed by atoms with Crippen molar-refractivity contribution in [3.63, 3.8) is 0 Å². The molecule has 0 saturated carbocycles. The first-order chi connectivity index (χ1) is 6.86. The second-order valence-electron chi connectivity index (χ2n) is 5.71. The van der Waals surface area contributed by atoms with Crippen LogP contribution in [0.1, 0.15) is 40.5 Å². The Morgan fingerprint density at radius 1 is 0.800 bits per heavy atom. The van der Waals surface area contributed by atoms with Gasteiger partial charge in [-0.05, 0) is 24.7 Å². The van der Waals surface area contributed by atoms with Crippen molar-refractivity contribution in [3.05, 3.63) is 0 Å². The summed E-state index contributed by atoms with van der Waals surface area (Å²) in [5.41, 5.74) is 7.06. The molecule has 0 aliphatic carbocycles. The van der Waals surface area contributed by atoms with E-state index < -0.39 is 16.2 Å². The summed E-state index contributed by atoms with van der Waals surface area (Å²) in [4.78, 5) is 0. The molecule has 0 aliphatic rings. The SMILES string of the molecule is CC(C)CCOCCC(C)C.[CH3][Ga]([CH3])[CH3]. The number of ether oxygens (including phenoxy) is 1. The number of hydrogen-bond donors (Lipinski definition) is 0. The molecule has 0 unspecified atom stereocenters. The van der Waals surface area contributed by atoms with Crippen LogP contribution in [0, 0.1) is 11.8 Å². The van der Waals surface area contributed by atoms with Crippen LogP contribution < -0.4 is 0 Å². The molecule has 0 aromatic carbocycles. The Kier molecular flexibility index (Phi) is 15.2. The normalized spacial score (nSPS) is 10.2. The van der Waals surface area contributed by atoms with E-state index >= 15 is 0 Å². The molecule has 1 nitrogen and oxygen atoms in total. The van der Waals surface area contributed by atoms with E-state index in [9.17, 15) is 0 Å².